The van der Waals surface area contributed by atoms with Crippen molar-refractivity contribution in [2.24, 2.45) is 4.99 Å². The van der Waals surface area contributed by atoms with E-state index in [1.54, 1.807) is 0 Å². The molecule has 0 aliphatic carbocycles. The van der Waals surface area contributed by atoms with Crippen LogP contribution in [0.2, 0.25) is 5.02 Å². The first-order valence-electron chi connectivity index (χ1n) is 10.2. The molecule has 0 spiro atoms. The Morgan fingerprint density at radius 2 is 2.00 bits per heavy atom. The molecule has 6 nitrogen and oxygen atoms in total. The minimum atomic E-state index is 0.247. The third-order valence-corrected chi connectivity index (χ3v) is 5.01. The molecule has 0 amide bonds. The lowest BCUT2D eigenvalue weighted by Gasteiger charge is -2.32. The van der Waals surface area contributed by atoms with Gasteiger partial charge in [-0.15, -0.1) is 0 Å². The van der Waals surface area contributed by atoms with Gasteiger partial charge in [-0.1, -0.05) is 29.8 Å². The number of guanidine groups is 1. The Labute approximate surface area is 178 Å². The zero-order chi connectivity index (χ0) is 20.5. The van der Waals surface area contributed by atoms with E-state index in [1.165, 1.54) is 5.56 Å². The van der Waals surface area contributed by atoms with E-state index in [1.807, 2.05) is 18.3 Å². The van der Waals surface area contributed by atoms with Gasteiger partial charge in [-0.3, -0.25) is 0 Å². The Morgan fingerprint density at radius 1 is 1.21 bits per heavy atom. The summed E-state index contributed by atoms with van der Waals surface area (Å²) in [6, 6.07) is 12.1. The highest BCUT2D eigenvalue weighted by molar-refractivity contribution is 6.30. The third kappa shape index (κ3) is 6.91. The van der Waals surface area contributed by atoms with Crippen molar-refractivity contribution in [3.63, 3.8) is 0 Å². The molecular weight excluding hydrogens is 386 g/mol. The molecule has 3 rings (SSSR count). The lowest BCUT2D eigenvalue weighted by molar-refractivity contribution is 0.0529. The lowest BCUT2D eigenvalue weighted by atomic mass is 10.1. The van der Waals surface area contributed by atoms with E-state index in [0.29, 0.717) is 6.54 Å². The van der Waals surface area contributed by atoms with Crippen LogP contribution in [-0.2, 0) is 17.7 Å². The number of benzene rings is 1. The quantitative estimate of drug-likeness (QED) is 0.537. The molecule has 1 fully saturated rings. The number of nitrogens with one attached hydrogen (secondary N) is 2. The number of morpholine rings is 1. The number of ether oxygens (including phenoxy) is 1. The monoisotopic (exact) mass is 415 g/mol. The van der Waals surface area contributed by atoms with Crippen molar-refractivity contribution >= 4 is 23.4 Å². The smallest absolute Gasteiger partial charge is 0.191 e. The van der Waals surface area contributed by atoms with Crippen molar-refractivity contribution in [1.82, 2.24) is 15.6 Å². The van der Waals surface area contributed by atoms with E-state index in [0.717, 1.165) is 61.6 Å². The Balaban J connectivity index is 1.51. The van der Waals surface area contributed by atoms with Crippen LogP contribution >= 0.6 is 11.6 Å². The summed E-state index contributed by atoms with van der Waals surface area (Å²) in [6.45, 7) is 8.89. The fourth-order valence-corrected chi connectivity index (χ4v) is 3.34. The summed E-state index contributed by atoms with van der Waals surface area (Å²) in [4.78, 5) is 11.6. The molecule has 156 valence electrons. The van der Waals surface area contributed by atoms with Gasteiger partial charge in [0, 0.05) is 37.4 Å². The van der Waals surface area contributed by atoms with Crippen LogP contribution in [-0.4, -0.2) is 49.8 Å². The summed E-state index contributed by atoms with van der Waals surface area (Å²) in [6.07, 6.45) is 3.07. The molecule has 1 aliphatic heterocycles. The van der Waals surface area contributed by atoms with Gasteiger partial charge in [0.1, 0.15) is 5.82 Å². The van der Waals surface area contributed by atoms with Crippen LogP contribution in [0.25, 0.3) is 0 Å². The molecule has 29 heavy (non-hydrogen) atoms. The Kier molecular flexibility index (Phi) is 8.14. The number of anilines is 1. The van der Waals surface area contributed by atoms with Gasteiger partial charge in [-0.2, -0.15) is 0 Å². The van der Waals surface area contributed by atoms with Gasteiger partial charge in [0.15, 0.2) is 5.96 Å². The summed E-state index contributed by atoms with van der Waals surface area (Å²) >= 11 is 5.94. The van der Waals surface area contributed by atoms with Crippen LogP contribution in [0, 0.1) is 0 Å². The molecule has 1 unspecified atom stereocenters. The number of hydrogen-bond acceptors (Lipinski definition) is 4. The highest BCUT2D eigenvalue weighted by Crippen LogP contribution is 2.15. The summed E-state index contributed by atoms with van der Waals surface area (Å²) in [7, 11) is 0. The number of hydrogen-bond donors (Lipinski definition) is 2. The maximum atomic E-state index is 5.94. The molecule has 1 atom stereocenters. The van der Waals surface area contributed by atoms with E-state index in [9.17, 15) is 0 Å². The van der Waals surface area contributed by atoms with Gasteiger partial charge in [0.25, 0.3) is 0 Å². The summed E-state index contributed by atoms with van der Waals surface area (Å²) < 4.78 is 5.60. The van der Waals surface area contributed by atoms with Crippen molar-refractivity contribution in [3.8, 4) is 0 Å². The Hall–Kier alpha value is -2.31. The average molecular weight is 416 g/mol. The largest absolute Gasteiger partial charge is 0.375 e. The summed E-state index contributed by atoms with van der Waals surface area (Å²) in [5.74, 6) is 1.81. The first kappa shape index (κ1) is 21.4. The molecule has 1 aromatic carbocycles. The number of pyridine rings is 1. The highest BCUT2D eigenvalue weighted by atomic mass is 35.5. The summed E-state index contributed by atoms with van der Waals surface area (Å²) in [5.41, 5.74) is 2.33. The first-order chi connectivity index (χ1) is 14.1. The van der Waals surface area contributed by atoms with E-state index in [2.05, 4.69) is 63.6 Å². The maximum Gasteiger partial charge on any atom is 0.191 e. The first-order valence-corrected chi connectivity index (χ1v) is 10.6. The molecule has 2 heterocycles. The lowest BCUT2D eigenvalue weighted by Crippen LogP contribution is -2.41. The van der Waals surface area contributed by atoms with Crippen LogP contribution in [0.3, 0.4) is 0 Å². The van der Waals surface area contributed by atoms with Crippen molar-refractivity contribution in [2.75, 3.05) is 37.7 Å². The zero-order valence-corrected chi connectivity index (χ0v) is 18.0. The zero-order valence-electron chi connectivity index (χ0n) is 17.2. The SMILES string of the molecule is CCNC(=NCc1ccc(N2CCOC(C)C2)nc1)NCCc1ccc(Cl)cc1. The van der Waals surface area contributed by atoms with Crippen LogP contribution < -0.4 is 15.5 Å². The van der Waals surface area contributed by atoms with E-state index in [4.69, 9.17) is 16.3 Å². The predicted octanol–water partition coefficient (Wildman–Crippen LogP) is 3.26. The van der Waals surface area contributed by atoms with E-state index < -0.39 is 0 Å². The third-order valence-electron chi connectivity index (χ3n) is 4.76. The minimum Gasteiger partial charge on any atom is -0.375 e. The molecule has 0 saturated carbocycles. The standard InChI is InChI=1S/C22H30ClN5O/c1-3-24-22(25-11-10-18-4-7-20(23)8-5-18)27-15-19-6-9-21(26-14-19)28-12-13-29-17(2)16-28/h4-9,14,17H,3,10-13,15-16H2,1-2H3,(H2,24,25,27). The number of rotatable bonds is 7. The number of aromatic nitrogens is 1. The van der Waals surface area contributed by atoms with Gasteiger partial charge >= 0.3 is 0 Å². The van der Waals surface area contributed by atoms with Crippen LogP contribution in [0.1, 0.15) is 25.0 Å². The van der Waals surface area contributed by atoms with Crippen LogP contribution in [0.15, 0.2) is 47.6 Å². The molecule has 1 saturated heterocycles. The van der Waals surface area contributed by atoms with Crippen molar-refractivity contribution in [3.05, 3.63) is 58.7 Å². The second-order valence-corrected chi connectivity index (χ2v) is 7.59. The molecule has 2 aromatic rings. The molecule has 0 bridgehead atoms. The number of nitrogens with zero attached hydrogens (tertiary/aromatic N) is 3. The van der Waals surface area contributed by atoms with Crippen molar-refractivity contribution in [1.29, 1.82) is 0 Å². The second-order valence-electron chi connectivity index (χ2n) is 7.15. The molecule has 7 heteroatoms. The molecule has 2 N–H and O–H groups in total. The average Bonchev–Trinajstić information content (AvgIpc) is 2.74. The molecule has 1 aromatic heterocycles. The predicted molar refractivity (Wildman–Crippen MR) is 120 cm³/mol. The maximum absolute atomic E-state index is 5.94. The van der Waals surface area contributed by atoms with Crippen LogP contribution in [0.5, 0.6) is 0 Å². The van der Waals surface area contributed by atoms with Crippen LogP contribution in [0.4, 0.5) is 5.82 Å². The molecule has 1 aliphatic rings. The van der Waals surface area contributed by atoms with E-state index >= 15 is 0 Å². The second kappa shape index (κ2) is 11.0. The Morgan fingerprint density at radius 3 is 2.69 bits per heavy atom. The normalized spacial score (nSPS) is 17.3. The fourth-order valence-electron chi connectivity index (χ4n) is 3.21. The molecule has 0 radical (unpaired) electrons. The number of aliphatic imine (C=N–C) groups is 1. The Bertz CT molecular complexity index is 779. The molecular formula is C22H30ClN5O. The van der Waals surface area contributed by atoms with Crippen molar-refractivity contribution < 1.29 is 4.74 Å². The van der Waals surface area contributed by atoms with Gasteiger partial charge in [0.05, 0.1) is 19.3 Å². The topological polar surface area (TPSA) is 61.8 Å². The van der Waals surface area contributed by atoms with Gasteiger partial charge < -0.3 is 20.3 Å². The van der Waals surface area contributed by atoms with E-state index in [-0.39, 0.29) is 6.10 Å². The summed E-state index contributed by atoms with van der Waals surface area (Å²) in [5, 5.41) is 7.44. The number of halogens is 1. The fraction of sp³-hybridized carbons (Fsp3) is 0.455. The highest BCUT2D eigenvalue weighted by Gasteiger charge is 2.17. The van der Waals surface area contributed by atoms with Gasteiger partial charge in [-0.05, 0) is 49.6 Å². The van der Waals surface area contributed by atoms with Crippen molar-refractivity contribution in [2.45, 2.75) is 32.9 Å². The minimum absolute atomic E-state index is 0.247. The van der Waals surface area contributed by atoms with Gasteiger partial charge in [-0.25, -0.2) is 9.98 Å². The van der Waals surface area contributed by atoms with Gasteiger partial charge in [0.2, 0.25) is 0 Å².